The van der Waals surface area contributed by atoms with Gasteiger partial charge in [-0.25, -0.2) is 0 Å². The van der Waals surface area contributed by atoms with Crippen LogP contribution >= 0.6 is 0 Å². The molecule has 0 bridgehead atoms. The Kier molecular flexibility index (Phi) is 2.08. The molecule has 1 aliphatic rings. The van der Waals surface area contributed by atoms with Crippen LogP contribution in [0, 0.1) is 0 Å². The number of hydrogen-bond donors (Lipinski definition) is 0. The molecule has 0 spiro atoms. The molecule has 1 atom stereocenters. The van der Waals surface area contributed by atoms with E-state index in [4.69, 9.17) is 0 Å². The second kappa shape index (κ2) is 3.25. The quantitative estimate of drug-likeness (QED) is 0.680. The van der Waals surface area contributed by atoms with E-state index in [1.54, 1.807) is 19.0 Å². The normalized spacial score (nSPS) is 18.7. The summed E-state index contributed by atoms with van der Waals surface area (Å²) in [6.45, 7) is 0. The first-order chi connectivity index (χ1) is 6.70. The van der Waals surface area contributed by atoms with Gasteiger partial charge in [0.1, 0.15) is 0 Å². The molecule has 1 aromatic carbocycles. The number of carbonyl (C=O) groups excluding carboxylic acids is 1. The summed E-state index contributed by atoms with van der Waals surface area (Å²) in [5.41, 5.74) is 1.96. The molecule has 1 amide bonds. The first-order valence-electron chi connectivity index (χ1n) is 4.54. The summed E-state index contributed by atoms with van der Waals surface area (Å²) < 4.78 is 0. The molecule has 2 rings (SSSR count). The fraction of sp³-hybridized carbons (Fsp3) is 0.273. The second-order valence-electron chi connectivity index (χ2n) is 3.52. The third-order valence-corrected chi connectivity index (χ3v) is 2.20. The van der Waals surface area contributed by atoms with Gasteiger partial charge in [0.15, 0.2) is 6.04 Å². The van der Waals surface area contributed by atoms with Gasteiger partial charge in [-0.2, -0.15) is 0 Å². The van der Waals surface area contributed by atoms with Gasteiger partial charge in [-0.15, -0.1) is 0 Å². The van der Waals surface area contributed by atoms with Crippen LogP contribution in [0.15, 0.2) is 35.3 Å². The molecule has 14 heavy (non-hydrogen) atoms. The highest BCUT2D eigenvalue weighted by atomic mass is 16.2. The monoisotopic (exact) mass is 188 g/mol. The van der Waals surface area contributed by atoms with Gasteiger partial charge < -0.3 is 4.90 Å². The number of benzene rings is 1. The molecular weight excluding hydrogens is 176 g/mol. The van der Waals surface area contributed by atoms with Crippen molar-refractivity contribution in [2.75, 3.05) is 14.1 Å². The number of hydrogen-bond acceptors (Lipinski definition) is 2. The van der Waals surface area contributed by atoms with Crippen molar-refractivity contribution in [1.82, 2.24) is 4.90 Å². The maximum absolute atomic E-state index is 11.5. The van der Waals surface area contributed by atoms with Gasteiger partial charge >= 0.3 is 0 Å². The van der Waals surface area contributed by atoms with Crippen molar-refractivity contribution in [2.24, 2.45) is 4.99 Å². The molecular formula is C11H12N2O. The lowest BCUT2D eigenvalue weighted by Crippen LogP contribution is -2.29. The molecule has 0 radical (unpaired) electrons. The minimum atomic E-state index is -0.229. The number of carbonyl (C=O) groups is 1. The highest BCUT2D eigenvalue weighted by Crippen LogP contribution is 2.20. The average molecular weight is 188 g/mol. The Morgan fingerprint density at radius 2 is 1.93 bits per heavy atom. The topological polar surface area (TPSA) is 32.7 Å². The molecule has 0 aliphatic carbocycles. The lowest BCUT2D eigenvalue weighted by Gasteiger charge is -2.07. The summed E-state index contributed by atoms with van der Waals surface area (Å²) in [6, 6.07) is 9.58. The fourth-order valence-electron chi connectivity index (χ4n) is 1.36. The zero-order valence-electron chi connectivity index (χ0n) is 8.27. The molecule has 0 saturated heterocycles. The molecule has 3 nitrogen and oxygen atoms in total. The van der Waals surface area contributed by atoms with Crippen LogP contribution in [0.25, 0.3) is 0 Å². The molecule has 0 aromatic heterocycles. The summed E-state index contributed by atoms with van der Waals surface area (Å²) in [5, 5.41) is 0. The Bertz CT molecular complexity index is 382. The SMILES string of the molecule is CN(C)C(=O)C1N=C1c1ccccc1. The van der Waals surface area contributed by atoms with Gasteiger partial charge in [0.2, 0.25) is 0 Å². The minimum Gasteiger partial charge on any atom is -0.347 e. The van der Waals surface area contributed by atoms with Gasteiger partial charge in [0, 0.05) is 14.1 Å². The first kappa shape index (κ1) is 8.94. The van der Waals surface area contributed by atoms with Crippen LogP contribution in [-0.4, -0.2) is 36.7 Å². The second-order valence-corrected chi connectivity index (χ2v) is 3.52. The van der Waals surface area contributed by atoms with Crippen molar-refractivity contribution in [3.05, 3.63) is 35.9 Å². The van der Waals surface area contributed by atoms with E-state index in [-0.39, 0.29) is 11.9 Å². The Morgan fingerprint density at radius 3 is 2.50 bits per heavy atom. The highest BCUT2D eigenvalue weighted by Gasteiger charge is 2.36. The van der Waals surface area contributed by atoms with Gasteiger partial charge in [-0.1, -0.05) is 30.3 Å². The van der Waals surface area contributed by atoms with Crippen LogP contribution in [0.1, 0.15) is 5.56 Å². The standard InChI is InChI=1S/C11H12N2O/c1-13(2)11(14)10-9(12-10)8-6-4-3-5-7-8/h3-7,10H,1-2H3. The summed E-state index contributed by atoms with van der Waals surface area (Å²) in [7, 11) is 3.50. The molecule has 3 heteroatoms. The van der Waals surface area contributed by atoms with Crippen LogP contribution < -0.4 is 0 Å². The van der Waals surface area contributed by atoms with E-state index < -0.39 is 0 Å². The van der Waals surface area contributed by atoms with Gasteiger partial charge in [0.25, 0.3) is 5.91 Å². The summed E-state index contributed by atoms with van der Waals surface area (Å²) in [5.74, 6) is 0.0591. The van der Waals surface area contributed by atoms with Crippen molar-refractivity contribution in [3.63, 3.8) is 0 Å². The van der Waals surface area contributed by atoms with Crippen LogP contribution in [-0.2, 0) is 4.79 Å². The van der Waals surface area contributed by atoms with Crippen LogP contribution in [0.5, 0.6) is 0 Å². The Morgan fingerprint density at radius 1 is 1.29 bits per heavy atom. The van der Waals surface area contributed by atoms with Crippen LogP contribution in [0.3, 0.4) is 0 Å². The predicted molar refractivity (Wildman–Crippen MR) is 55.5 cm³/mol. The fourth-order valence-corrected chi connectivity index (χ4v) is 1.36. The van der Waals surface area contributed by atoms with Crippen molar-refractivity contribution >= 4 is 11.6 Å². The molecule has 0 N–H and O–H groups in total. The lowest BCUT2D eigenvalue weighted by molar-refractivity contribution is -0.127. The van der Waals surface area contributed by atoms with Gasteiger partial charge in [-0.05, 0) is 5.56 Å². The van der Waals surface area contributed by atoms with E-state index in [2.05, 4.69) is 4.99 Å². The van der Waals surface area contributed by atoms with Crippen molar-refractivity contribution in [2.45, 2.75) is 6.04 Å². The first-order valence-corrected chi connectivity index (χ1v) is 4.54. The zero-order valence-corrected chi connectivity index (χ0v) is 8.27. The number of amides is 1. The highest BCUT2D eigenvalue weighted by molar-refractivity contribution is 6.25. The molecule has 1 aromatic rings. The van der Waals surface area contributed by atoms with E-state index in [0.29, 0.717) is 0 Å². The Balaban J connectivity index is 2.07. The molecule has 0 saturated carbocycles. The molecule has 72 valence electrons. The van der Waals surface area contributed by atoms with Crippen LogP contribution in [0.4, 0.5) is 0 Å². The van der Waals surface area contributed by atoms with E-state index in [0.717, 1.165) is 11.3 Å². The average Bonchev–Trinajstić information content (AvgIpc) is 2.97. The van der Waals surface area contributed by atoms with Crippen molar-refractivity contribution in [1.29, 1.82) is 0 Å². The van der Waals surface area contributed by atoms with Crippen LogP contribution in [0.2, 0.25) is 0 Å². The van der Waals surface area contributed by atoms with Gasteiger partial charge in [-0.3, -0.25) is 9.79 Å². The Labute approximate surface area is 83.1 Å². The van der Waals surface area contributed by atoms with E-state index in [1.807, 2.05) is 30.3 Å². The summed E-state index contributed by atoms with van der Waals surface area (Å²) in [4.78, 5) is 17.2. The molecule has 0 fully saturated rings. The number of rotatable bonds is 2. The predicted octanol–water partition coefficient (Wildman–Crippen LogP) is 0.946. The molecule has 1 heterocycles. The maximum atomic E-state index is 11.5. The van der Waals surface area contributed by atoms with Gasteiger partial charge in [0.05, 0.1) is 5.71 Å². The Hall–Kier alpha value is -1.64. The number of nitrogens with zero attached hydrogens (tertiary/aromatic N) is 2. The third kappa shape index (κ3) is 1.53. The third-order valence-electron chi connectivity index (χ3n) is 2.20. The van der Waals surface area contributed by atoms with E-state index in [9.17, 15) is 4.79 Å². The maximum Gasteiger partial charge on any atom is 0.253 e. The lowest BCUT2D eigenvalue weighted by atomic mass is 10.1. The number of aliphatic imine (C=N–C) groups is 1. The molecule has 1 unspecified atom stereocenters. The zero-order chi connectivity index (χ0) is 10.1. The van der Waals surface area contributed by atoms with E-state index in [1.165, 1.54) is 0 Å². The summed E-state index contributed by atoms with van der Waals surface area (Å²) in [6.07, 6.45) is 0. The van der Waals surface area contributed by atoms with Crippen molar-refractivity contribution in [3.8, 4) is 0 Å². The molecule has 1 aliphatic heterocycles. The number of likely N-dealkylation sites (N-methyl/N-ethyl adjacent to an activating group) is 1. The van der Waals surface area contributed by atoms with E-state index >= 15 is 0 Å². The van der Waals surface area contributed by atoms with Crippen molar-refractivity contribution < 1.29 is 4.79 Å². The smallest absolute Gasteiger partial charge is 0.253 e. The largest absolute Gasteiger partial charge is 0.347 e. The summed E-state index contributed by atoms with van der Waals surface area (Å²) >= 11 is 0. The minimum absolute atomic E-state index is 0.0591.